The van der Waals surface area contributed by atoms with E-state index in [0.29, 0.717) is 0 Å². The molecule has 54 valence electrons. The number of rotatable bonds is 3. The van der Waals surface area contributed by atoms with Crippen LogP contribution in [-0.4, -0.2) is 11.7 Å². The molecule has 0 aromatic heterocycles. The van der Waals surface area contributed by atoms with Crippen molar-refractivity contribution in [3.05, 3.63) is 0 Å². The first-order valence-corrected chi connectivity index (χ1v) is 3.76. The molecular weight excluding hydrogens is 112 g/mol. The van der Waals surface area contributed by atoms with Crippen molar-refractivity contribution >= 4 is 0 Å². The van der Waals surface area contributed by atoms with Gasteiger partial charge in [0, 0.05) is 7.98 Å². The van der Waals surface area contributed by atoms with Gasteiger partial charge in [0.1, 0.15) is 0 Å². The van der Waals surface area contributed by atoms with Crippen LogP contribution >= 0.6 is 0 Å². The van der Waals surface area contributed by atoms with Crippen molar-refractivity contribution in [2.75, 3.05) is 6.61 Å². The fourth-order valence-electron chi connectivity index (χ4n) is 1.60. The summed E-state index contributed by atoms with van der Waals surface area (Å²) in [6, 6.07) is 0. The molecule has 1 fully saturated rings. The van der Waals surface area contributed by atoms with Crippen LogP contribution in [-0.2, 0) is 0 Å². The quantitative estimate of drug-likeness (QED) is 0.616. The highest BCUT2D eigenvalue weighted by Gasteiger charge is 2.49. The van der Waals surface area contributed by atoms with Gasteiger partial charge in [0.25, 0.3) is 0 Å². The highest BCUT2D eigenvalue weighted by atomic mass is 16.3. The molecule has 1 saturated carbocycles. The summed E-state index contributed by atoms with van der Waals surface area (Å²) < 4.78 is 7.60. The topological polar surface area (TPSA) is 20.2 Å². The summed E-state index contributed by atoms with van der Waals surface area (Å²) in [4.78, 5) is 0. The Labute approximate surface area is 58.5 Å². The molecule has 0 bridgehead atoms. The standard InChI is InChI=1S/C8H16O/c1-3-8(4-2)5-7(8)6-9/h7,9H,3-6H2,1-2H3/i5D. The minimum atomic E-state index is 0.00694. The Morgan fingerprint density at radius 3 is 2.33 bits per heavy atom. The van der Waals surface area contributed by atoms with Crippen LogP contribution in [0.5, 0.6) is 0 Å². The highest BCUT2D eigenvalue weighted by molar-refractivity contribution is 4.99. The fourth-order valence-corrected chi connectivity index (χ4v) is 1.60. The minimum Gasteiger partial charge on any atom is -0.396 e. The second-order valence-electron chi connectivity index (χ2n) is 2.90. The maximum absolute atomic E-state index is 8.85. The Kier molecular flexibility index (Phi) is 1.46. The van der Waals surface area contributed by atoms with Crippen LogP contribution in [0.3, 0.4) is 0 Å². The summed E-state index contributed by atoms with van der Waals surface area (Å²) in [6.07, 6.45) is 2.10. The van der Waals surface area contributed by atoms with E-state index in [1.54, 1.807) is 0 Å². The van der Waals surface area contributed by atoms with Crippen LogP contribution in [0.1, 0.15) is 34.5 Å². The summed E-state index contributed by atoms with van der Waals surface area (Å²) >= 11 is 0. The van der Waals surface area contributed by atoms with Gasteiger partial charge in [-0.3, -0.25) is 0 Å². The fraction of sp³-hybridized carbons (Fsp3) is 1.00. The van der Waals surface area contributed by atoms with Crippen LogP contribution in [0.25, 0.3) is 0 Å². The Balaban J connectivity index is 2.54. The first-order chi connectivity index (χ1) is 4.72. The molecule has 0 spiro atoms. The largest absolute Gasteiger partial charge is 0.396 e. The molecular formula is C8H16O. The van der Waals surface area contributed by atoms with E-state index >= 15 is 0 Å². The van der Waals surface area contributed by atoms with Crippen molar-refractivity contribution in [3.8, 4) is 0 Å². The minimum absolute atomic E-state index is 0.00694. The van der Waals surface area contributed by atoms with E-state index in [4.69, 9.17) is 6.48 Å². The predicted octanol–water partition coefficient (Wildman–Crippen LogP) is 1.80. The van der Waals surface area contributed by atoms with Gasteiger partial charge in [-0.2, -0.15) is 0 Å². The van der Waals surface area contributed by atoms with E-state index in [9.17, 15) is 0 Å². The van der Waals surface area contributed by atoms with Crippen LogP contribution in [0.4, 0.5) is 0 Å². The van der Waals surface area contributed by atoms with E-state index in [0.717, 1.165) is 12.8 Å². The van der Waals surface area contributed by atoms with Crippen molar-refractivity contribution < 1.29 is 6.48 Å². The molecule has 1 N–H and O–H groups in total. The third-order valence-corrected chi connectivity index (χ3v) is 2.68. The number of hydrogen-bond donors (Lipinski definition) is 1. The summed E-state index contributed by atoms with van der Waals surface area (Å²) in [6.45, 7) is 4.43. The second-order valence-corrected chi connectivity index (χ2v) is 2.90. The summed E-state index contributed by atoms with van der Waals surface area (Å²) in [5.41, 5.74) is 0.175. The maximum Gasteiger partial charge on any atom is 0.0464 e. The Morgan fingerprint density at radius 1 is 1.67 bits per heavy atom. The van der Waals surface area contributed by atoms with Crippen molar-refractivity contribution in [1.29, 1.82) is 0 Å². The molecule has 0 heterocycles. The van der Waals surface area contributed by atoms with Crippen molar-refractivity contribution in [2.45, 2.75) is 33.1 Å². The van der Waals surface area contributed by atoms with Gasteiger partial charge in [-0.05, 0) is 17.7 Å². The average Bonchev–Trinajstić information content (AvgIpc) is 2.56. The molecule has 0 radical (unpaired) electrons. The summed E-state index contributed by atoms with van der Waals surface area (Å²) in [7, 11) is 0. The first kappa shape index (κ1) is 5.72. The van der Waals surface area contributed by atoms with Crippen molar-refractivity contribution in [3.63, 3.8) is 0 Å². The van der Waals surface area contributed by atoms with Crippen LogP contribution in [0, 0.1) is 11.3 Å². The Bertz CT molecular complexity index is 120. The molecule has 1 rings (SSSR count). The van der Waals surface area contributed by atoms with Gasteiger partial charge in [-0.1, -0.05) is 26.7 Å². The molecule has 0 saturated heterocycles. The van der Waals surface area contributed by atoms with Gasteiger partial charge in [-0.25, -0.2) is 0 Å². The van der Waals surface area contributed by atoms with Crippen LogP contribution < -0.4 is 0 Å². The third kappa shape index (κ3) is 0.983. The van der Waals surface area contributed by atoms with Gasteiger partial charge >= 0.3 is 0 Å². The zero-order valence-electron chi connectivity index (χ0n) is 7.22. The second kappa shape index (κ2) is 2.30. The average molecular weight is 129 g/mol. The van der Waals surface area contributed by atoms with Gasteiger partial charge in [-0.15, -0.1) is 0 Å². The molecule has 1 aliphatic rings. The maximum atomic E-state index is 8.85. The highest BCUT2D eigenvalue weighted by Crippen LogP contribution is 2.57. The van der Waals surface area contributed by atoms with E-state index in [-0.39, 0.29) is 24.3 Å². The molecule has 2 unspecified atom stereocenters. The number of aliphatic hydroxyl groups is 1. The molecule has 2 atom stereocenters. The van der Waals surface area contributed by atoms with Gasteiger partial charge in [0.05, 0.1) is 0 Å². The number of hydrogen-bond acceptors (Lipinski definition) is 1. The third-order valence-electron chi connectivity index (χ3n) is 2.68. The lowest BCUT2D eigenvalue weighted by molar-refractivity contribution is 0.243. The van der Waals surface area contributed by atoms with Gasteiger partial charge < -0.3 is 5.11 Å². The SMILES string of the molecule is [2H]C1C(CO)C1(CC)CC. The Morgan fingerprint density at radius 2 is 2.22 bits per heavy atom. The molecule has 0 aliphatic heterocycles. The lowest BCUT2D eigenvalue weighted by Crippen LogP contribution is -2.02. The molecule has 0 aromatic carbocycles. The monoisotopic (exact) mass is 129 g/mol. The summed E-state index contributed by atoms with van der Waals surface area (Å²) in [5.74, 6) is 0.266. The number of aliphatic hydroxyl groups excluding tert-OH is 1. The van der Waals surface area contributed by atoms with Crippen LogP contribution in [0.2, 0.25) is 0 Å². The zero-order valence-corrected chi connectivity index (χ0v) is 6.22. The normalized spacial score (nSPS) is 40.1. The van der Waals surface area contributed by atoms with Crippen molar-refractivity contribution in [2.24, 2.45) is 11.3 Å². The van der Waals surface area contributed by atoms with E-state index in [1.807, 2.05) is 0 Å². The predicted molar refractivity (Wildman–Crippen MR) is 38.2 cm³/mol. The molecule has 0 amide bonds. The van der Waals surface area contributed by atoms with E-state index in [2.05, 4.69) is 13.8 Å². The lowest BCUT2D eigenvalue weighted by atomic mass is 9.97. The molecule has 9 heavy (non-hydrogen) atoms. The van der Waals surface area contributed by atoms with E-state index in [1.165, 1.54) is 0 Å². The molecule has 1 heteroatoms. The summed E-state index contributed by atoms with van der Waals surface area (Å²) in [5, 5.41) is 8.85. The lowest BCUT2D eigenvalue weighted by Gasteiger charge is -2.09. The van der Waals surface area contributed by atoms with Gasteiger partial charge in [0.15, 0.2) is 0 Å². The van der Waals surface area contributed by atoms with Crippen molar-refractivity contribution in [1.82, 2.24) is 0 Å². The molecule has 1 aliphatic carbocycles. The first-order valence-electron chi connectivity index (χ1n) is 4.33. The van der Waals surface area contributed by atoms with E-state index < -0.39 is 0 Å². The molecule has 0 aromatic rings. The molecule has 1 nitrogen and oxygen atoms in total. The Hall–Kier alpha value is -0.0400. The van der Waals surface area contributed by atoms with Gasteiger partial charge in [0.2, 0.25) is 0 Å². The smallest absolute Gasteiger partial charge is 0.0464 e. The van der Waals surface area contributed by atoms with Crippen LogP contribution in [0.15, 0.2) is 0 Å². The zero-order chi connectivity index (χ0) is 7.78.